The lowest BCUT2D eigenvalue weighted by molar-refractivity contribution is 0.0693. The third kappa shape index (κ3) is 6.40. The first kappa shape index (κ1) is 25.2. The maximum absolute atomic E-state index is 13.0. The van der Waals surface area contributed by atoms with Crippen molar-refractivity contribution >= 4 is 73.2 Å². The number of carboxylic acids is 1. The monoisotopic (exact) mass is 550 g/mol. The van der Waals surface area contributed by atoms with Crippen LogP contribution in [0, 0.1) is 0 Å². The number of rotatable bonds is 8. The van der Waals surface area contributed by atoms with Gasteiger partial charge in [-0.3, -0.25) is 9.71 Å². The summed E-state index contributed by atoms with van der Waals surface area (Å²) in [5.74, 6) is -1.36. The van der Waals surface area contributed by atoms with Gasteiger partial charge in [-0.2, -0.15) is 0 Å². The summed E-state index contributed by atoms with van der Waals surface area (Å²) in [5.41, 5.74) is 0.948. The second kappa shape index (κ2) is 10.8. The number of nitrogens with one attached hydrogen (secondary N) is 3. The average molecular weight is 551 g/mol. The minimum atomic E-state index is -4.17. The first-order chi connectivity index (χ1) is 16.7. The topological polar surface area (TPSA) is 120 Å². The van der Waals surface area contributed by atoms with Crippen LogP contribution in [0.5, 0.6) is 0 Å². The average Bonchev–Trinajstić information content (AvgIpc) is 3.26. The van der Waals surface area contributed by atoms with Gasteiger partial charge in [-0.15, -0.1) is 0 Å². The van der Waals surface area contributed by atoms with Crippen LogP contribution >= 0.6 is 35.0 Å². The number of thioether (sulfide) groups is 1. The molecule has 0 spiro atoms. The molecular formula is C23H20Cl2N4O4S2. The fourth-order valence-electron chi connectivity index (χ4n) is 3.36. The molecule has 0 saturated carbocycles. The predicted molar refractivity (Wildman–Crippen MR) is 143 cm³/mol. The molecule has 0 amide bonds. The van der Waals surface area contributed by atoms with Crippen LogP contribution in [0.1, 0.15) is 10.4 Å². The van der Waals surface area contributed by atoms with Crippen LogP contribution < -0.4 is 15.4 Å². The normalized spacial score (nSPS) is 15.4. The van der Waals surface area contributed by atoms with Crippen molar-refractivity contribution in [2.24, 2.45) is 4.99 Å². The van der Waals surface area contributed by atoms with Crippen LogP contribution in [-0.2, 0) is 10.0 Å². The summed E-state index contributed by atoms with van der Waals surface area (Å²) in [6.45, 7) is 0.891. The van der Waals surface area contributed by atoms with Gasteiger partial charge in [-0.25, -0.2) is 13.2 Å². The van der Waals surface area contributed by atoms with Gasteiger partial charge in [0.05, 0.1) is 12.2 Å². The quantitative estimate of drug-likeness (QED) is 0.292. The lowest BCUT2D eigenvalue weighted by Crippen LogP contribution is -2.22. The zero-order valence-corrected chi connectivity index (χ0v) is 21.2. The number of halogens is 2. The van der Waals surface area contributed by atoms with Crippen molar-refractivity contribution in [1.82, 2.24) is 0 Å². The van der Waals surface area contributed by atoms with Crippen molar-refractivity contribution in [2.75, 3.05) is 28.4 Å². The van der Waals surface area contributed by atoms with Crippen molar-refractivity contribution in [2.45, 2.75) is 10.1 Å². The predicted octanol–water partition coefficient (Wildman–Crippen LogP) is 5.49. The molecule has 4 rings (SSSR count). The van der Waals surface area contributed by atoms with Crippen LogP contribution in [0.15, 0.2) is 76.6 Å². The molecule has 0 fully saturated rings. The van der Waals surface area contributed by atoms with E-state index in [1.165, 1.54) is 54.2 Å². The van der Waals surface area contributed by atoms with Gasteiger partial charge in [0.1, 0.15) is 10.5 Å². The highest BCUT2D eigenvalue weighted by atomic mass is 35.5. The van der Waals surface area contributed by atoms with Crippen molar-refractivity contribution in [3.05, 3.63) is 82.3 Å². The first-order valence-electron chi connectivity index (χ1n) is 10.3. The number of amidine groups is 1. The zero-order valence-electron chi connectivity index (χ0n) is 18.0. The van der Waals surface area contributed by atoms with Crippen LogP contribution in [0.3, 0.4) is 0 Å². The molecule has 3 aromatic rings. The number of sulfonamides is 1. The molecule has 182 valence electrons. The number of hydrogen-bond acceptors (Lipinski definition) is 7. The Bertz CT molecular complexity index is 1380. The Morgan fingerprint density at radius 2 is 1.77 bits per heavy atom. The van der Waals surface area contributed by atoms with Gasteiger partial charge in [0.2, 0.25) is 0 Å². The van der Waals surface area contributed by atoms with Crippen molar-refractivity contribution in [1.29, 1.82) is 0 Å². The molecule has 4 N–H and O–H groups in total. The molecular weight excluding hydrogens is 531 g/mol. The van der Waals surface area contributed by atoms with Crippen LogP contribution in [0.4, 0.5) is 17.1 Å². The molecule has 1 heterocycles. The molecule has 0 aliphatic carbocycles. The highest BCUT2D eigenvalue weighted by Crippen LogP contribution is 2.29. The third-order valence-electron chi connectivity index (χ3n) is 4.94. The number of nitrogens with zero attached hydrogens (tertiary/aromatic N) is 1. The van der Waals surface area contributed by atoms with E-state index in [4.69, 9.17) is 23.2 Å². The van der Waals surface area contributed by atoms with Gasteiger partial charge in [0.15, 0.2) is 5.17 Å². The number of hydrogen-bond donors (Lipinski definition) is 4. The molecule has 12 heteroatoms. The van der Waals surface area contributed by atoms with E-state index in [1.54, 1.807) is 12.1 Å². The summed E-state index contributed by atoms with van der Waals surface area (Å²) in [5, 5.41) is 17.9. The van der Waals surface area contributed by atoms with E-state index in [-0.39, 0.29) is 27.1 Å². The fraction of sp³-hybridized carbons (Fsp3) is 0.130. The van der Waals surface area contributed by atoms with Gasteiger partial charge in [0.25, 0.3) is 10.0 Å². The summed E-state index contributed by atoms with van der Waals surface area (Å²) < 4.78 is 28.4. The van der Waals surface area contributed by atoms with Crippen molar-refractivity contribution < 1.29 is 18.3 Å². The fourth-order valence-corrected chi connectivity index (χ4v) is 5.91. The van der Waals surface area contributed by atoms with E-state index in [2.05, 4.69) is 20.3 Å². The van der Waals surface area contributed by atoms with Crippen LogP contribution in [0.2, 0.25) is 10.0 Å². The third-order valence-corrected chi connectivity index (χ3v) is 7.95. The Morgan fingerprint density at radius 3 is 2.49 bits per heavy atom. The summed E-state index contributed by atoms with van der Waals surface area (Å²) in [6.07, 6.45) is 0. The van der Waals surface area contributed by atoms with E-state index in [1.807, 2.05) is 12.1 Å². The Kier molecular flexibility index (Phi) is 7.75. The molecule has 35 heavy (non-hydrogen) atoms. The Hall–Kier alpha value is -2.92. The lowest BCUT2D eigenvalue weighted by atomic mass is 10.1. The van der Waals surface area contributed by atoms with Crippen LogP contribution in [-0.4, -0.2) is 43.0 Å². The second-order valence-corrected chi connectivity index (χ2v) is 11.3. The molecule has 0 radical (unpaired) electrons. The maximum atomic E-state index is 13.0. The van der Waals surface area contributed by atoms with E-state index in [0.717, 1.165) is 10.9 Å². The zero-order chi connectivity index (χ0) is 25.0. The molecule has 1 aliphatic rings. The van der Waals surface area contributed by atoms with Gasteiger partial charge in [-0.05, 0) is 54.6 Å². The Morgan fingerprint density at radius 1 is 1.03 bits per heavy atom. The summed E-state index contributed by atoms with van der Waals surface area (Å²) in [4.78, 5) is 16.2. The van der Waals surface area contributed by atoms with Crippen LogP contribution in [0.25, 0.3) is 0 Å². The first-order valence-corrected chi connectivity index (χ1v) is 13.5. The molecule has 3 aromatic carbocycles. The van der Waals surface area contributed by atoms with Gasteiger partial charge in [0, 0.05) is 33.2 Å². The molecule has 0 aromatic heterocycles. The highest BCUT2D eigenvalue weighted by Gasteiger charge is 2.26. The lowest BCUT2D eigenvalue weighted by Gasteiger charge is -2.16. The smallest absolute Gasteiger partial charge is 0.339 e. The second-order valence-electron chi connectivity index (χ2n) is 7.50. The summed E-state index contributed by atoms with van der Waals surface area (Å²) >= 11 is 13.4. The molecule has 1 aliphatic heterocycles. The largest absolute Gasteiger partial charge is 0.478 e. The summed E-state index contributed by atoms with van der Waals surface area (Å²) in [7, 11) is -4.17. The molecule has 8 nitrogen and oxygen atoms in total. The maximum Gasteiger partial charge on any atom is 0.339 e. The van der Waals surface area contributed by atoms with Crippen molar-refractivity contribution in [3.8, 4) is 0 Å². The van der Waals surface area contributed by atoms with E-state index < -0.39 is 16.0 Å². The Labute approximate surface area is 216 Å². The molecule has 1 atom stereocenters. The van der Waals surface area contributed by atoms with E-state index >= 15 is 0 Å². The number of benzene rings is 3. The number of carbonyl (C=O) groups is 1. The molecule has 1 unspecified atom stereocenters. The number of aromatic carboxylic acids is 1. The van der Waals surface area contributed by atoms with Gasteiger partial charge < -0.3 is 15.7 Å². The SMILES string of the molecule is O=C(O)c1c(NCC2CN=C(Nc3cccc(Cl)c3)S2)cccc1S(=O)(=O)Nc1ccc(Cl)cc1. The molecule has 0 bridgehead atoms. The minimum absolute atomic E-state index is 0.0192. The Balaban J connectivity index is 1.45. The minimum Gasteiger partial charge on any atom is -0.478 e. The summed E-state index contributed by atoms with van der Waals surface area (Å²) in [6, 6.07) is 17.6. The highest BCUT2D eigenvalue weighted by molar-refractivity contribution is 8.15. The standard InChI is InChI=1S/C23H20Cl2N4O4S2/c24-14-7-9-16(10-8-14)29-35(32,33)20-6-2-5-19(21(20)22(30)31)26-12-18-13-27-23(34-18)28-17-4-1-3-15(25)11-17/h1-11,18,26,29H,12-13H2,(H,27,28)(H,30,31). The van der Waals surface area contributed by atoms with E-state index in [0.29, 0.717) is 23.1 Å². The number of anilines is 3. The molecule has 0 saturated heterocycles. The van der Waals surface area contributed by atoms with E-state index in [9.17, 15) is 18.3 Å². The number of carboxylic acid groups (broad SMARTS) is 1. The van der Waals surface area contributed by atoms with Gasteiger partial charge in [-0.1, -0.05) is 47.1 Å². The van der Waals surface area contributed by atoms with Gasteiger partial charge >= 0.3 is 5.97 Å². The number of aliphatic imine (C=N–C) groups is 1. The van der Waals surface area contributed by atoms with Crippen molar-refractivity contribution in [3.63, 3.8) is 0 Å².